The number of halogens is 1. The molecule has 0 saturated heterocycles. The van der Waals surface area contributed by atoms with Crippen molar-refractivity contribution in [3.05, 3.63) is 52.7 Å². The summed E-state index contributed by atoms with van der Waals surface area (Å²) in [6.07, 6.45) is 2.29. The molecule has 1 amide bonds. The van der Waals surface area contributed by atoms with Gasteiger partial charge in [0.25, 0.3) is 0 Å². The van der Waals surface area contributed by atoms with Gasteiger partial charge in [-0.15, -0.1) is 0 Å². The van der Waals surface area contributed by atoms with Crippen LogP contribution in [0.4, 0.5) is 0 Å². The maximum atomic E-state index is 12.4. The van der Waals surface area contributed by atoms with Crippen molar-refractivity contribution in [3.8, 4) is 11.6 Å². The van der Waals surface area contributed by atoms with Gasteiger partial charge in [0.15, 0.2) is 0 Å². The van der Waals surface area contributed by atoms with Crippen LogP contribution < -0.4 is 14.8 Å². The second kappa shape index (κ2) is 7.53. The fraction of sp³-hybridized carbons (Fsp3) is 0.333. The van der Waals surface area contributed by atoms with Crippen molar-refractivity contribution in [2.45, 2.75) is 19.9 Å². The predicted molar refractivity (Wildman–Crippen MR) is 91.4 cm³/mol. The predicted octanol–water partition coefficient (Wildman–Crippen LogP) is 3.00. The van der Waals surface area contributed by atoms with E-state index in [-0.39, 0.29) is 11.8 Å². The Morgan fingerprint density at radius 3 is 3.17 bits per heavy atom. The van der Waals surface area contributed by atoms with E-state index in [9.17, 15) is 4.79 Å². The molecule has 1 N–H and O–H groups in total. The summed E-state index contributed by atoms with van der Waals surface area (Å²) in [6.45, 7) is 3.18. The molecule has 0 spiro atoms. The second-order valence-corrected chi connectivity index (χ2v) is 6.02. The third-order valence-corrected chi connectivity index (χ3v) is 4.12. The maximum Gasteiger partial charge on any atom is 0.227 e. The largest absolute Gasteiger partial charge is 0.492 e. The molecule has 24 heavy (non-hydrogen) atoms. The number of hydrogen-bond donors (Lipinski definition) is 1. The van der Waals surface area contributed by atoms with E-state index in [4.69, 9.17) is 21.1 Å². The summed E-state index contributed by atoms with van der Waals surface area (Å²) in [6, 6.07) is 9.20. The Bertz CT molecular complexity index is 736. The van der Waals surface area contributed by atoms with Gasteiger partial charge in [-0.2, -0.15) is 0 Å². The van der Waals surface area contributed by atoms with Crippen molar-refractivity contribution < 1.29 is 14.3 Å². The average Bonchev–Trinajstić information content (AvgIpc) is 2.60. The summed E-state index contributed by atoms with van der Waals surface area (Å²) in [5, 5.41) is 3.59. The van der Waals surface area contributed by atoms with Gasteiger partial charge >= 0.3 is 0 Å². The van der Waals surface area contributed by atoms with Crippen LogP contribution in [0.25, 0.3) is 0 Å². The third-order valence-electron chi connectivity index (χ3n) is 3.88. The molecule has 0 aliphatic carbocycles. The summed E-state index contributed by atoms with van der Waals surface area (Å²) >= 11 is 6.02. The van der Waals surface area contributed by atoms with E-state index in [1.54, 1.807) is 12.3 Å². The van der Waals surface area contributed by atoms with E-state index in [0.29, 0.717) is 37.1 Å². The second-order valence-electron chi connectivity index (χ2n) is 5.58. The average molecular weight is 347 g/mol. The number of ether oxygens (including phenoxy) is 2. The van der Waals surface area contributed by atoms with Crippen LogP contribution in [-0.2, 0) is 17.8 Å². The molecule has 0 saturated carbocycles. The van der Waals surface area contributed by atoms with Gasteiger partial charge in [-0.3, -0.25) is 4.79 Å². The molecule has 1 aliphatic rings. The van der Waals surface area contributed by atoms with E-state index < -0.39 is 0 Å². The van der Waals surface area contributed by atoms with Crippen LogP contribution in [0.2, 0.25) is 5.02 Å². The van der Waals surface area contributed by atoms with Crippen molar-refractivity contribution in [2.75, 3.05) is 13.2 Å². The smallest absolute Gasteiger partial charge is 0.227 e. The number of aromatic nitrogens is 1. The molecule has 126 valence electrons. The number of amides is 1. The number of rotatable bonds is 5. The Hall–Kier alpha value is -2.27. The summed E-state index contributed by atoms with van der Waals surface area (Å²) in [7, 11) is 0. The SMILES string of the molecule is CCOc1ncccc1CNC(=O)C1COc2ccc(Cl)cc2C1. The van der Waals surface area contributed by atoms with Gasteiger partial charge in [0.2, 0.25) is 11.8 Å². The maximum absolute atomic E-state index is 12.4. The first-order valence-corrected chi connectivity index (χ1v) is 8.30. The molecule has 1 aliphatic heterocycles. The number of benzene rings is 1. The molecule has 1 unspecified atom stereocenters. The van der Waals surface area contributed by atoms with Crippen LogP contribution in [0.5, 0.6) is 11.6 Å². The molecule has 0 radical (unpaired) electrons. The highest BCUT2D eigenvalue weighted by atomic mass is 35.5. The summed E-state index contributed by atoms with van der Waals surface area (Å²) < 4.78 is 11.1. The lowest BCUT2D eigenvalue weighted by molar-refractivity contribution is -0.126. The topological polar surface area (TPSA) is 60.5 Å². The van der Waals surface area contributed by atoms with Crippen molar-refractivity contribution in [1.82, 2.24) is 10.3 Å². The summed E-state index contributed by atoms with van der Waals surface area (Å²) in [4.78, 5) is 16.6. The summed E-state index contributed by atoms with van der Waals surface area (Å²) in [5.41, 5.74) is 1.82. The van der Waals surface area contributed by atoms with Gasteiger partial charge in [0.05, 0.1) is 12.5 Å². The zero-order chi connectivity index (χ0) is 16.9. The Labute approximate surface area is 145 Å². The first-order chi connectivity index (χ1) is 11.7. The molecule has 5 nitrogen and oxygen atoms in total. The van der Waals surface area contributed by atoms with Crippen molar-refractivity contribution in [2.24, 2.45) is 5.92 Å². The number of carbonyl (C=O) groups is 1. The molecule has 1 aromatic heterocycles. The molecule has 0 bridgehead atoms. The zero-order valence-electron chi connectivity index (χ0n) is 13.4. The number of hydrogen-bond acceptors (Lipinski definition) is 4. The van der Waals surface area contributed by atoms with Crippen molar-refractivity contribution >= 4 is 17.5 Å². The Morgan fingerprint density at radius 2 is 2.33 bits per heavy atom. The molecule has 1 aromatic carbocycles. The fourth-order valence-corrected chi connectivity index (χ4v) is 2.88. The minimum absolute atomic E-state index is 0.0491. The lowest BCUT2D eigenvalue weighted by Crippen LogP contribution is -2.37. The fourth-order valence-electron chi connectivity index (χ4n) is 2.68. The van der Waals surface area contributed by atoms with E-state index >= 15 is 0 Å². The highest BCUT2D eigenvalue weighted by Crippen LogP contribution is 2.29. The Morgan fingerprint density at radius 1 is 1.46 bits per heavy atom. The van der Waals surface area contributed by atoms with Crippen LogP contribution in [-0.4, -0.2) is 24.1 Å². The van der Waals surface area contributed by atoms with Gasteiger partial charge in [0, 0.05) is 23.3 Å². The minimum atomic E-state index is -0.233. The number of nitrogens with one attached hydrogen (secondary N) is 1. The Balaban J connectivity index is 1.62. The molecule has 2 aromatic rings. The van der Waals surface area contributed by atoms with Gasteiger partial charge in [0.1, 0.15) is 12.4 Å². The van der Waals surface area contributed by atoms with E-state index in [1.165, 1.54) is 0 Å². The molecule has 6 heteroatoms. The van der Waals surface area contributed by atoms with Crippen LogP contribution in [0.1, 0.15) is 18.1 Å². The van der Waals surface area contributed by atoms with Crippen LogP contribution in [0.15, 0.2) is 36.5 Å². The zero-order valence-corrected chi connectivity index (χ0v) is 14.2. The van der Waals surface area contributed by atoms with Gasteiger partial charge in [-0.25, -0.2) is 4.98 Å². The summed E-state index contributed by atoms with van der Waals surface area (Å²) in [5.74, 6) is 1.07. The van der Waals surface area contributed by atoms with E-state index in [2.05, 4.69) is 10.3 Å². The Kier molecular flexibility index (Phi) is 5.20. The third kappa shape index (κ3) is 3.79. The standard InChI is InChI=1S/C18H19ClN2O3/c1-2-23-18-12(4-3-7-20-18)10-21-17(22)14-8-13-9-15(19)5-6-16(13)24-11-14/h3-7,9,14H,2,8,10-11H2,1H3,(H,21,22). The first kappa shape index (κ1) is 16.6. The highest BCUT2D eigenvalue weighted by Gasteiger charge is 2.26. The normalized spacial score (nSPS) is 16.0. The van der Waals surface area contributed by atoms with Crippen LogP contribution in [0, 0.1) is 5.92 Å². The van der Waals surface area contributed by atoms with E-state index in [0.717, 1.165) is 16.9 Å². The number of pyridine rings is 1. The molecule has 2 heterocycles. The van der Waals surface area contributed by atoms with Gasteiger partial charge in [-0.05, 0) is 43.2 Å². The minimum Gasteiger partial charge on any atom is -0.492 e. The molecule has 1 atom stereocenters. The number of nitrogens with zero attached hydrogens (tertiary/aromatic N) is 1. The van der Waals surface area contributed by atoms with Gasteiger partial charge < -0.3 is 14.8 Å². The lowest BCUT2D eigenvalue weighted by Gasteiger charge is -2.24. The number of carbonyl (C=O) groups excluding carboxylic acids is 1. The highest BCUT2D eigenvalue weighted by molar-refractivity contribution is 6.30. The quantitative estimate of drug-likeness (QED) is 0.904. The molecule has 0 fully saturated rings. The molecule has 3 rings (SSSR count). The van der Waals surface area contributed by atoms with Crippen molar-refractivity contribution in [1.29, 1.82) is 0 Å². The molecular weight excluding hydrogens is 328 g/mol. The number of fused-ring (bicyclic) bond motifs is 1. The van der Waals surface area contributed by atoms with Gasteiger partial charge in [-0.1, -0.05) is 17.7 Å². The first-order valence-electron chi connectivity index (χ1n) is 7.93. The monoisotopic (exact) mass is 346 g/mol. The van der Waals surface area contributed by atoms with E-state index in [1.807, 2.05) is 31.2 Å². The van der Waals surface area contributed by atoms with Crippen LogP contribution in [0.3, 0.4) is 0 Å². The molecular formula is C18H19ClN2O3. The van der Waals surface area contributed by atoms with Crippen molar-refractivity contribution in [3.63, 3.8) is 0 Å². The van der Waals surface area contributed by atoms with Crippen LogP contribution >= 0.6 is 11.6 Å². The lowest BCUT2D eigenvalue weighted by atomic mass is 9.96.